The van der Waals surface area contributed by atoms with Crippen molar-refractivity contribution in [1.82, 2.24) is 15.5 Å². The Morgan fingerprint density at radius 1 is 1.32 bits per heavy atom. The van der Waals surface area contributed by atoms with E-state index in [-0.39, 0.29) is 11.9 Å². The first-order chi connectivity index (χ1) is 8.81. The molecule has 4 heteroatoms. The van der Waals surface area contributed by atoms with Gasteiger partial charge < -0.3 is 15.5 Å². The zero-order valence-corrected chi connectivity index (χ0v) is 13.4. The average molecular weight is 269 g/mol. The molecule has 0 aromatic carbocycles. The first-order valence-corrected chi connectivity index (χ1v) is 7.55. The number of piperidine rings is 1. The van der Waals surface area contributed by atoms with Gasteiger partial charge in [-0.05, 0) is 39.2 Å². The highest BCUT2D eigenvalue weighted by Gasteiger charge is 2.30. The van der Waals surface area contributed by atoms with Gasteiger partial charge in [-0.25, -0.2) is 0 Å². The Morgan fingerprint density at radius 3 is 2.53 bits per heavy atom. The molecule has 1 aliphatic heterocycles. The normalized spacial score (nSPS) is 30.4. The van der Waals surface area contributed by atoms with Gasteiger partial charge in [0, 0.05) is 25.2 Å². The molecule has 0 saturated carbocycles. The summed E-state index contributed by atoms with van der Waals surface area (Å²) in [6.07, 6.45) is 1.11. The Balaban J connectivity index is 2.42. The van der Waals surface area contributed by atoms with E-state index in [1.54, 1.807) is 0 Å². The summed E-state index contributed by atoms with van der Waals surface area (Å²) >= 11 is 0. The third-order valence-corrected chi connectivity index (χ3v) is 4.15. The van der Waals surface area contributed by atoms with E-state index in [1.807, 2.05) is 6.92 Å². The SMILES string of the molecule is CC(C)CNC(=O)C(C)NC1CC(C)N(C)CC1C. The van der Waals surface area contributed by atoms with Crippen LogP contribution in [-0.2, 0) is 4.79 Å². The summed E-state index contributed by atoms with van der Waals surface area (Å²) in [4.78, 5) is 14.4. The summed E-state index contributed by atoms with van der Waals surface area (Å²) in [5.74, 6) is 1.20. The highest BCUT2D eigenvalue weighted by Crippen LogP contribution is 2.21. The fourth-order valence-corrected chi connectivity index (χ4v) is 2.63. The standard InChI is InChI=1S/C15H31N3O/c1-10(2)8-16-15(19)13(5)17-14-7-12(4)18(6)9-11(14)3/h10-14,17H,7-9H2,1-6H3,(H,16,19). The van der Waals surface area contributed by atoms with Crippen molar-refractivity contribution in [2.45, 2.75) is 59.2 Å². The second-order valence-corrected chi connectivity index (χ2v) is 6.64. The molecule has 0 aromatic rings. The maximum absolute atomic E-state index is 12.0. The Bertz CT molecular complexity index is 293. The van der Waals surface area contributed by atoms with Crippen molar-refractivity contribution >= 4 is 5.91 Å². The zero-order valence-electron chi connectivity index (χ0n) is 13.4. The summed E-state index contributed by atoms with van der Waals surface area (Å²) in [6.45, 7) is 12.6. The molecule has 0 bridgehead atoms. The summed E-state index contributed by atoms with van der Waals surface area (Å²) in [5.41, 5.74) is 0. The molecule has 0 spiro atoms. The molecular formula is C15H31N3O. The molecule has 1 heterocycles. The zero-order chi connectivity index (χ0) is 14.6. The summed E-state index contributed by atoms with van der Waals surface area (Å²) in [7, 11) is 2.18. The van der Waals surface area contributed by atoms with Crippen LogP contribution in [0.5, 0.6) is 0 Å². The molecule has 1 aliphatic rings. The van der Waals surface area contributed by atoms with Gasteiger partial charge in [0.05, 0.1) is 6.04 Å². The minimum atomic E-state index is -0.109. The molecule has 4 unspecified atom stereocenters. The van der Waals surface area contributed by atoms with Crippen LogP contribution in [0.15, 0.2) is 0 Å². The van der Waals surface area contributed by atoms with Crippen molar-refractivity contribution in [3.63, 3.8) is 0 Å². The van der Waals surface area contributed by atoms with Crippen LogP contribution >= 0.6 is 0 Å². The van der Waals surface area contributed by atoms with Gasteiger partial charge in [0.25, 0.3) is 0 Å². The maximum atomic E-state index is 12.0. The second kappa shape index (κ2) is 7.25. The molecule has 1 saturated heterocycles. The number of likely N-dealkylation sites (tertiary alicyclic amines) is 1. The summed E-state index contributed by atoms with van der Waals surface area (Å²) in [5, 5.41) is 6.50. The lowest BCUT2D eigenvalue weighted by Crippen LogP contribution is -2.55. The van der Waals surface area contributed by atoms with Crippen LogP contribution in [0, 0.1) is 11.8 Å². The van der Waals surface area contributed by atoms with Crippen LogP contribution in [0.3, 0.4) is 0 Å². The van der Waals surface area contributed by atoms with Crippen LogP contribution in [0.1, 0.15) is 41.0 Å². The lowest BCUT2D eigenvalue weighted by atomic mass is 9.89. The van der Waals surface area contributed by atoms with E-state index in [4.69, 9.17) is 0 Å². The largest absolute Gasteiger partial charge is 0.354 e. The first-order valence-electron chi connectivity index (χ1n) is 7.55. The topological polar surface area (TPSA) is 44.4 Å². The van der Waals surface area contributed by atoms with Gasteiger partial charge in [0.15, 0.2) is 0 Å². The second-order valence-electron chi connectivity index (χ2n) is 6.64. The molecule has 0 radical (unpaired) electrons. The van der Waals surface area contributed by atoms with E-state index in [9.17, 15) is 4.79 Å². The average Bonchev–Trinajstić information content (AvgIpc) is 2.32. The molecule has 1 fully saturated rings. The first kappa shape index (κ1) is 16.4. The number of carbonyl (C=O) groups excluding carboxylic acids is 1. The molecule has 1 rings (SSSR count). The van der Waals surface area contributed by atoms with Gasteiger partial charge in [-0.1, -0.05) is 20.8 Å². The van der Waals surface area contributed by atoms with E-state index in [2.05, 4.69) is 50.3 Å². The molecule has 4 atom stereocenters. The van der Waals surface area contributed by atoms with Crippen molar-refractivity contribution in [3.05, 3.63) is 0 Å². The fraction of sp³-hybridized carbons (Fsp3) is 0.933. The van der Waals surface area contributed by atoms with Crippen molar-refractivity contribution < 1.29 is 4.79 Å². The third kappa shape index (κ3) is 5.11. The number of rotatable bonds is 5. The quantitative estimate of drug-likeness (QED) is 0.794. The van der Waals surface area contributed by atoms with Crippen molar-refractivity contribution in [1.29, 1.82) is 0 Å². The van der Waals surface area contributed by atoms with Gasteiger partial charge in [-0.2, -0.15) is 0 Å². The van der Waals surface area contributed by atoms with E-state index in [1.165, 1.54) is 0 Å². The highest BCUT2D eigenvalue weighted by atomic mass is 16.2. The number of carbonyl (C=O) groups is 1. The Hall–Kier alpha value is -0.610. The Morgan fingerprint density at radius 2 is 1.95 bits per heavy atom. The molecule has 0 aromatic heterocycles. The van der Waals surface area contributed by atoms with Crippen molar-refractivity contribution in [2.24, 2.45) is 11.8 Å². The van der Waals surface area contributed by atoms with Gasteiger partial charge in [-0.3, -0.25) is 4.79 Å². The van der Waals surface area contributed by atoms with Crippen LogP contribution in [-0.4, -0.2) is 49.1 Å². The number of nitrogens with one attached hydrogen (secondary N) is 2. The van der Waals surface area contributed by atoms with Crippen LogP contribution in [0.25, 0.3) is 0 Å². The van der Waals surface area contributed by atoms with Gasteiger partial charge in [-0.15, -0.1) is 0 Å². The fourth-order valence-electron chi connectivity index (χ4n) is 2.63. The predicted octanol–water partition coefficient (Wildman–Crippen LogP) is 1.47. The van der Waals surface area contributed by atoms with Crippen LogP contribution < -0.4 is 10.6 Å². The number of hydrogen-bond donors (Lipinski definition) is 2. The molecule has 19 heavy (non-hydrogen) atoms. The molecule has 0 aliphatic carbocycles. The van der Waals surface area contributed by atoms with Gasteiger partial charge in [0.1, 0.15) is 0 Å². The van der Waals surface area contributed by atoms with Crippen molar-refractivity contribution in [3.8, 4) is 0 Å². The summed E-state index contributed by atoms with van der Waals surface area (Å²) < 4.78 is 0. The number of nitrogens with zero attached hydrogens (tertiary/aromatic N) is 1. The van der Waals surface area contributed by atoms with Crippen LogP contribution in [0.2, 0.25) is 0 Å². The Kier molecular flexibility index (Phi) is 6.27. The minimum Gasteiger partial charge on any atom is -0.354 e. The lowest BCUT2D eigenvalue weighted by Gasteiger charge is -2.41. The van der Waals surface area contributed by atoms with Crippen molar-refractivity contribution in [2.75, 3.05) is 20.1 Å². The number of hydrogen-bond acceptors (Lipinski definition) is 3. The number of amides is 1. The molecule has 1 amide bonds. The molecule has 4 nitrogen and oxygen atoms in total. The van der Waals surface area contributed by atoms with E-state index >= 15 is 0 Å². The molecular weight excluding hydrogens is 238 g/mol. The van der Waals surface area contributed by atoms with Gasteiger partial charge in [0.2, 0.25) is 5.91 Å². The molecule has 112 valence electrons. The smallest absolute Gasteiger partial charge is 0.236 e. The van der Waals surface area contributed by atoms with E-state index in [0.717, 1.165) is 19.5 Å². The Labute approximate surface area is 118 Å². The van der Waals surface area contributed by atoms with Gasteiger partial charge >= 0.3 is 0 Å². The third-order valence-electron chi connectivity index (χ3n) is 4.15. The predicted molar refractivity (Wildman–Crippen MR) is 80.1 cm³/mol. The lowest BCUT2D eigenvalue weighted by molar-refractivity contribution is -0.123. The van der Waals surface area contributed by atoms with E-state index in [0.29, 0.717) is 23.9 Å². The summed E-state index contributed by atoms with van der Waals surface area (Å²) in [6, 6.07) is 0.910. The minimum absolute atomic E-state index is 0.109. The monoisotopic (exact) mass is 269 g/mol. The highest BCUT2D eigenvalue weighted by molar-refractivity contribution is 5.81. The maximum Gasteiger partial charge on any atom is 0.236 e. The molecule has 2 N–H and O–H groups in total. The van der Waals surface area contributed by atoms with Crippen LogP contribution in [0.4, 0.5) is 0 Å². The van der Waals surface area contributed by atoms with E-state index < -0.39 is 0 Å².